The normalized spacial score (nSPS) is 17.0. The summed E-state index contributed by atoms with van der Waals surface area (Å²) in [7, 11) is 4.10. The van der Waals surface area contributed by atoms with Crippen molar-refractivity contribution in [3.05, 3.63) is 89.3 Å². The van der Waals surface area contributed by atoms with E-state index in [0.29, 0.717) is 35.2 Å². The molecule has 2 aliphatic rings. The van der Waals surface area contributed by atoms with Crippen LogP contribution in [0, 0.1) is 5.82 Å². The van der Waals surface area contributed by atoms with Crippen LogP contribution in [0.25, 0.3) is 16.9 Å². The number of anilines is 2. The van der Waals surface area contributed by atoms with Crippen molar-refractivity contribution in [3.8, 4) is 11.3 Å². The van der Waals surface area contributed by atoms with E-state index in [1.165, 1.54) is 23.4 Å². The van der Waals surface area contributed by atoms with Gasteiger partial charge in [-0.3, -0.25) is 9.20 Å². The van der Waals surface area contributed by atoms with Gasteiger partial charge < -0.3 is 20.4 Å². The molecule has 0 spiro atoms. The van der Waals surface area contributed by atoms with E-state index in [4.69, 9.17) is 4.98 Å². The van der Waals surface area contributed by atoms with Crippen molar-refractivity contribution in [1.82, 2.24) is 29.5 Å². The van der Waals surface area contributed by atoms with Gasteiger partial charge in [0.05, 0.1) is 28.8 Å². The van der Waals surface area contributed by atoms with E-state index in [-0.39, 0.29) is 11.7 Å². The third kappa shape index (κ3) is 4.70. The number of rotatable bonds is 7. The van der Waals surface area contributed by atoms with E-state index >= 15 is 0 Å². The molecule has 5 heterocycles. The maximum atomic E-state index is 13.7. The van der Waals surface area contributed by atoms with Gasteiger partial charge in [0.15, 0.2) is 0 Å². The molecule has 0 radical (unpaired) electrons. The molecule has 0 aliphatic carbocycles. The summed E-state index contributed by atoms with van der Waals surface area (Å²) in [6.45, 7) is 9.62. The van der Waals surface area contributed by atoms with Gasteiger partial charge in [0.2, 0.25) is 0 Å². The van der Waals surface area contributed by atoms with Crippen molar-refractivity contribution in [3.63, 3.8) is 0 Å². The van der Waals surface area contributed by atoms with Crippen LogP contribution < -0.4 is 10.6 Å². The number of carbonyl (C=O) groups excluding carboxylic acids is 1. The summed E-state index contributed by atoms with van der Waals surface area (Å²) >= 11 is 0. The first-order valence-corrected chi connectivity index (χ1v) is 13.7. The van der Waals surface area contributed by atoms with Crippen LogP contribution in [0.1, 0.15) is 52.9 Å². The van der Waals surface area contributed by atoms with Crippen molar-refractivity contribution in [2.75, 3.05) is 32.5 Å². The van der Waals surface area contributed by atoms with Gasteiger partial charge in [-0.15, -0.1) is 0 Å². The Morgan fingerprint density at radius 2 is 2.08 bits per heavy atom. The average molecular weight is 540 g/mol. The van der Waals surface area contributed by atoms with Crippen molar-refractivity contribution in [2.45, 2.75) is 38.8 Å². The summed E-state index contributed by atoms with van der Waals surface area (Å²) in [5, 5.41) is 6.40. The molecule has 4 aromatic rings. The summed E-state index contributed by atoms with van der Waals surface area (Å²) in [5.74, 6) is 0.616. The number of piperidine rings is 1. The molecule has 1 fully saturated rings. The van der Waals surface area contributed by atoms with Crippen molar-refractivity contribution in [2.24, 2.45) is 0 Å². The Balaban J connectivity index is 1.34. The van der Waals surface area contributed by atoms with Crippen molar-refractivity contribution < 1.29 is 9.18 Å². The van der Waals surface area contributed by atoms with E-state index in [0.717, 1.165) is 55.0 Å². The Kier molecular flexibility index (Phi) is 6.75. The molecule has 1 atom stereocenters. The molecule has 2 N–H and O–H groups in total. The summed E-state index contributed by atoms with van der Waals surface area (Å²) < 4.78 is 15.6. The van der Waals surface area contributed by atoms with Gasteiger partial charge in [-0.05, 0) is 69.1 Å². The Labute approximate surface area is 233 Å². The number of benzene rings is 1. The number of halogens is 1. The van der Waals surface area contributed by atoms with E-state index in [1.807, 2.05) is 22.6 Å². The summed E-state index contributed by atoms with van der Waals surface area (Å²) in [5.41, 5.74) is 7.87. The third-order valence-corrected chi connectivity index (χ3v) is 7.95. The second-order valence-corrected chi connectivity index (χ2v) is 10.8. The zero-order chi connectivity index (χ0) is 28.0. The van der Waals surface area contributed by atoms with Gasteiger partial charge in [0.25, 0.3) is 5.91 Å². The van der Waals surface area contributed by atoms with Gasteiger partial charge >= 0.3 is 0 Å². The van der Waals surface area contributed by atoms with Crippen LogP contribution in [0.4, 0.5) is 15.9 Å². The zero-order valence-corrected chi connectivity index (χ0v) is 23.2. The first kappa shape index (κ1) is 26.0. The number of hydrogen-bond acceptors (Lipinski definition) is 6. The fourth-order valence-electron chi connectivity index (χ4n) is 6.00. The van der Waals surface area contributed by atoms with Crippen LogP contribution >= 0.6 is 0 Å². The monoisotopic (exact) mass is 539 g/mol. The van der Waals surface area contributed by atoms with Gasteiger partial charge in [0, 0.05) is 49.7 Å². The fraction of sp³-hybridized carbons (Fsp3) is 0.323. The molecule has 206 valence electrons. The molecule has 9 heteroatoms. The van der Waals surface area contributed by atoms with E-state index in [9.17, 15) is 9.18 Å². The number of imidazole rings is 1. The average Bonchev–Trinajstić information content (AvgIpc) is 3.52. The van der Waals surface area contributed by atoms with Gasteiger partial charge in [0.1, 0.15) is 17.3 Å². The molecule has 1 aromatic carbocycles. The topological polar surface area (TPSA) is 77.8 Å². The van der Waals surface area contributed by atoms with Gasteiger partial charge in [-0.2, -0.15) is 0 Å². The highest BCUT2D eigenvalue weighted by atomic mass is 19.1. The molecule has 8 nitrogen and oxygen atoms in total. The second-order valence-electron chi connectivity index (χ2n) is 10.8. The molecular formula is C31H34FN7O. The molecule has 0 saturated carbocycles. The predicted molar refractivity (Wildman–Crippen MR) is 155 cm³/mol. The minimum Gasteiger partial charge on any atom is -0.376 e. The standard InChI is InChI=1S/C31H34FN7O/c1-5-38-12-10-20(14-19(38)2)22-7-9-28(36-26(22)18-37(3)4)35-25-8-6-23(24-16-34-31(40)30(24)25)27-17-33-29-15-21(32)11-13-39(27)29/h6-9,11,13,15,17,20H,2,5,10,12,14,16,18H2,1,3-4H3,(H,34,40)(H,35,36). The Hall–Kier alpha value is -4.24. The van der Waals surface area contributed by atoms with Crippen molar-refractivity contribution >= 4 is 23.1 Å². The lowest BCUT2D eigenvalue weighted by atomic mass is 9.86. The lowest BCUT2D eigenvalue weighted by Crippen LogP contribution is -2.31. The number of carbonyl (C=O) groups is 1. The van der Waals surface area contributed by atoms with Gasteiger partial charge in [-0.1, -0.05) is 18.7 Å². The van der Waals surface area contributed by atoms with Crippen LogP contribution in [0.3, 0.4) is 0 Å². The first-order chi connectivity index (χ1) is 19.3. The fourth-order valence-corrected chi connectivity index (χ4v) is 6.00. The molecule has 6 rings (SSSR count). The molecular weight excluding hydrogens is 505 g/mol. The van der Waals surface area contributed by atoms with Crippen LogP contribution in [-0.2, 0) is 13.1 Å². The minimum absolute atomic E-state index is 0.134. The highest BCUT2D eigenvalue weighted by Gasteiger charge is 2.28. The highest BCUT2D eigenvalue weighted by Crippen LogP contribution is 2.37. The van der Waals surface area contributed by atoms with E-state index < -0.39 is 0 Å². The SMILES string of the molecule is C=C1CC(c2ccc(Nc3ccc(-c4cnc5cc(F)ccn45)c4c3C(=O)NC4)nc2CN(C)C)CCN1CC. The second kappa shape index (κ2) is 10.4. The Morgan fingerprint density at radius 1 is 1.23 bits per heavy atom. The number of likely N-dealkylation sites (tertiary alicyclic amines) is 1. The number of fused-ring (bicyclic) bond motifs is 2. The van der Waals surface area contributed by atoms with Crippen LogP contribution in [0.5, 0.6) is 0 Å². The highest BCUT2D eigenvalue weighted by molar-refractivity contribution is 6.06. The Morgan fingerprint density at radius 3 is 2.85 bits per heavy atom. The molecule has 2 aliphatic heterocycles. The number of amides is 1. The number of nitrogens with one attached hydrogen (secondary N) is 2. The molecule has 1 unspecified atom stereocenters. The number of nitrogens with zero attached hydrogens (tertiary/aromatic N) is 5. The molecule has 40 heavy (non-hydrogen) atoms. The lowest BCUT2D eigenvalue weighted by Gasteiger charge is -2.35. The van der Waals surface area contributed by atoms with Crippen LogP contribution in [0.2, 0.25) is 0 Å². The van der Waals surface area contributed by atoms with Crippen LogP contribution in [0.15, 0.2) is 61.1 Å². The summed E-state index contributed by atoms with van der Waals surface area (Å²) in [4.78, 5) is 26.9. The van der Waals surface area contributed by atoms with E-state index in [2.05, 4.69) is 59.1 Å². The number of hydrogen-bond donors (Lipinski definition) is 2. The maximum absolute atomic E-state index is 13.7. The maximum Gasteiger partial charge on any atom is 0.254 e. The van der Waals surface area contributed by atoms with E-state index in [1.54, 1.807) is 12.4 Å². The lowest BCUT2D eigenvalue weighted by molar-refractivity contribution is 0.0966. The Bertz CT molecular complexity index is 1630. The molecule has 3 aromatic heterocycles. The molecule has 1 amide bonds. The molecule has 1 saturated heterocycles. The smallest absolute Gasteiger partial charge is 0.254 e. The summed E-state index contributed by atoms with van der Waals surface area (Å²) in [6, 6.07) is 10.9. The summed E-state index contributed by atoms with van der Waals surface area (Å²) in [6.07, 6.45) is 5.39. The third-order valence-electron chi connectivity index (χ3n) is 7.95. The first-order valence-electron chi connectivity index (χ1n) is 13.7. The zero-order valence-electron chi connectivity index (χ0n) is 23.2. The largest absolute Gasteiger partial charge is 0.376 e. The van der Waals surface area contributed by atoms with Gasteiger partial charge in [-0.25, -0.2) is 14.4 Å². The number of aromatic nitrogens is 3. The molecule has 0 bridgehead atoms. The number of pyridine rings is 2. The minimum atomic E-state index is -0.338. The predicted octanol–water partition coefficient (Wildman–Crippen LogP) is 5.30. The number of allylic oxidation sites excluding steroid dienone is 1. The van der Waals surface area contributed by atoms with Crippen LogP contribution in [-0.4, -0.2) is 57.3 Å². The van der Waals surface area contributed by atoms with Crippen molar-refractivity contribution in [1.29, 1.82) is 0 Å². The quantitative estimate of drug-likeness (QED) is 0.332.